The molecule has 1 fully saturated rings. The summed E-state index contributed by atoms with van der Waals surface area (Å²) in [7, 11) is 0. The van der Waals surface area contributed by atoms with E-state index < -0.39 is 0 Å². The van der Waals surface area contributed by atoms with Crippen LogP contribution < -0.4 is 5.32 Å². The van der Waals surface area contributed by atoms with E-state index in [-0.39, 0.29) is 17.6 Å². The van der Waals surface area contributed by atoms with Crippen molar-refractivity contribution >= 4 is 5.82 Å². The molecular weight excluding hydrogens is 350 g/mol. The fourth-order valence-electron chi connectivity index (χ4n) is 3.84. The molecule has 2 aromatic rings. The molecule has 0 saturated heterocycles. The van der Waals surface area contributed by atoms with Gasteiger partial charge in [-0.05, 0) is 56.6 Å². The van der Waals surface area contributed by atoms with Crippen molar-refractivity contribution < 1.29 is 5.11 Å². The average molecular weight is 380 g/mol. The van der Waals surface area contributed by atoms with E-state index in [4.69, 9.17) is 0 Å². The van der Waals surface area contributed by atoms with Crippen molar-refractivity contribution in [3.8, 4) is 6.07 Å². The maximum atomic E-state index is 10.2. The summed E-state index contributed by atoms with van der Waals surface area (Å²) in [5.74, 6) is 1.35. The number of aryl methyl sites for hydroxylation is 3. The molecule has 0 amide bonds. The summed E-state index contributed by atoms with van der Waals surface area (Å²) in [6.07, 6.45) is 6.33. The topological polar surface area (TPSA) is 94.7 Å². The monoisotopic (exact) mass is 379 g/mol. The molecule has 1 aliphatic carbocycles. The van der Waals surface area contributed by atoms with Gasteiger partial charge in [0.25, 0.3) is 0 Å². The third-order valence-corrected chi connectivity index (χ3v) is 5.54. The molecule has 0 aliphatic heterocycles. The molecule has 2 aromatic heterocycles. The van der Waals surface area contributed by atoms with E-state index in [0.717, 1.165) is 55.7 Å². The number of rotatable bonds is 6. The van der Waals surface area contributed by atoms with Crippen LogP contribution in [0.15, 0.2) is 24.4 Å². The molecule has 2 N–H and O–H groups in total. The van der Waals surface area contributed by atoms with E-state index in [1.165, 1.54) is 0 Å². The summed E-state index contributed by atoms with van der Waals surface area (Å²) in [6.45, 7) is 6.17. The van der Waals surface area contributed by atoms with Crippen molar-refractivity contribution in [1.29, 1.82) is 5.26 Å². The maximum Gasteiger partial charge on any atom is 0.147 e. The van der Waals surface area contributed by atoms with Gasteiger partial charge >= 0.3 is 0 Å². The fourth-order valence-corrected chi connectivity index (χ4v) is 3.84. The third-order valence-electron chi connectivity index (χ3n) is 5.54. The minimum atomic E-state index is -0.280. The van der Waals surface area contributed by atoms with Crippen LogP contribution in [0.4, 0.5) is 5.82 Å². The predicted octanol–water partition coefficient (Wildman–Crippen LogP) is 3.58. The summed E-state index contributed by atoms with van der Waals surface area (Å²) in [5.41, 5.74) is 2.43. The first-order chi connectivity index (χ1) is 13.4. The van der Waals surface area contributed by atoms with Crippen molar-refractivity contribution in [1.82, 2.24) is 15.0 Å². The van der Waals surface area contributed by atoms with Crippen LogP contribution in [-0.4, -0.2) is 32.2 Å². The van der Waals surface area contributed by atoms with Crippen LogP contribution in [0.25, 0.3) is 0 Å². The van der Waals surface area contributed by atoms with Gasteiger partial charge in [0.2, 0.25) is 0 Å². The molecule has 0 radical (unpaired) electrons. The largest absolute Gasteiger partial charge is 0.393 e. The molecule has 28 heavy (non-hydrogen) atoms. The highest BCUT2D eigenvalue weighted by molar-refractivity contribution is 5.51. The Labute approximate surface area is 167 Å². The van der Waals surface area contributed by atoms with Gasteiger partial charge < -0.3 is 10.4 Å². The second-order valence-corrected chi connectivity index (χ2v) is 8.41. The van der Waals surface area contributed by atoms with Gasteiger partial charge in [0, 0.05) is 23.9 Å². The van der Waals surface area contributed by atoms with Crippen LogP contribution in [-0.2, 0) is 12.8 Å². The van der Waals surface area contributed by atoms with Crippen LogP contribution >= 0.6 is 0 Å². The van der Waals surface area contributed by atoms with Gasteiger partial charge in [0.05, 0.1) is 12.3 Å². The van der Waals surface area contributed by atoms with Crippen LogP contribution in [0.5, 0.6) is 0 Å². The molecule has 3 rings (SSSR count). The molecule has 1 saturated carbocycles. The second-order valence-electron chi connectivity index (χ2n) is 8.41. The Balaban J connectivity index is 1.64. The van der Waals surface area contributed by atoms with Crippen molar-refractivity contribution in [3.05, 3.63) is 47.2 Å². The van der Waals surface area contributed by atoms with Gasteiger partial charge in [-0.15, -0.1) is 0 Å². The molecule has 2 atom stereocenters. The molecule has 6 nitrogen and oxygen atoms in total. The highest BCUT2D eigenvalue weighted by Gasteiger charge is 2.35. The Hall–Kier alpha value is -2.52. The SMILES string of the molecule is Cc1cccc(CCCc2ncc(C#N)c(N[C@@H]3CC[C@H](O)C(C)(C)C3)n2)n1. The van der Waals surface area contributed by atoms with E-state index in [0.29, 0.717) is 11.4 Å². The third kappa shape index (κ3) is 5.05. The fraction of sp³-hybridized carbons (Fsp3) is 0.545. The Morgan fingerprint density at radius 3 is 2.79 bits per heavy atom. The molecule has 2 heterocycles. The Morgan fingerprint density at radius 1 is 1.25 bits per heavy atom. The summed E-state index contributed by atoms with van der Waals surface area (Å²) in [4.78, 5) is 13.5. The van der Waals surface area contributed by atoms with Crippen molar-refractivity contribution in [2.75, 3.05) is 5.32 Å². The summed E-state index contributed by atoms with van der Waals surface area (Å²) in [5, 5.41) is 23.0. The number of anilines is 1. The van der Waals surface area contributed by atoms with E-state index in [9.17, 15) is 10.4 Å². The highest BCUT2D eigenvalue weighted by Crippen LogP contribution is 2.36. The Morgan fingerprint density at radius 2 is 2.07 bits per heavy atom. The van der Waals surface area contributed by atoms with Gasteiger partial charge in [-0.2, -0.15) is 5.26 Å². The summed E-state index contributed by atoms with van der Waals surface area (Å²) < 4.78 is 0. The lowest BCUT2D eigenvalue weighted by Gasteiger charge is -2.40. The zero-order chi connectivity index (χ0) is 20.1. The molecule has 148 valence electrons. The number of aliphatic hydroxyl groups excluding tert-OH is 1. The lowest BCUT2D eigenvalue weighted by atomic mass is 9.73. The first kappa shape index (κ1) is 20.2. The molecule has 0 bridgehead atoms. The zero-order valence-corrected chi connectivity index (χ0v) is 16.9. The van der Waals surface area contributed by atoms with E-state index in [2.05, 4.69) is 40.2 Å². The van der Waals surface area contributed by atoms with Crippen molar-refractivity contribution in [2.24, 2.45) is 5.41 Å². The van der Waals surface area contributed by atoms with Gasteiger partial charge in [-0.25, -0.2) is 9.97 Å². The van der Waals surface area contributed by atoms with Gasteiger partial charge in [0.1, 0.15) is 23.3 Å². The lowest BCUT2D eigenvalue weighted by Crippen LogP contribution is -2.41. The van der Waals surface area contributed by atoms with Crippen molar-refractivity contribution in [2.45, 2.75) is 71.4 Å². The standard InChI is InChI=1S/C22H29N5O/c1-15-6-4-7-17(25-15)8-5-9-20-24-14-16(13-23)21(27-20)26-18-10-11-19(28)22(2,3)12-18/h4,6-7,14,18-19,28H,5,8-12H2,1-3H3,(H,24,26,27)/t18-,19+/m1/s1. The van der Waals surface area contributed by atoms with Gasteiger partial charge in [-0.1, -0.05) is 19.9 Å². The quantitative estimate of drug-likeness (QED) is 0.797. The minimum Gasteiger partial charge on any atom is -0.393 e. The average Bonchev–Trinajstić information content (AvgIpc) is 2.65. The first-order valence-corrected chi connectivity index (χ1v) is 10.0. The number of hydrogen-bond donors (Lipinski definition) is 2. The number of aliphatic hydroxyl groups is 1. The van der Waals surface area contributed by atoms with E-state index >= 15 is 0 Å². The molecule has 0 aromatic carbocycles. The van der Waals surface area contributed by atoms with Gasteiger partial charge in [-0.3, -0.25) is 4.98 Å². The number of nitrogens with one attached hydrogen (secondary N) is 1. The molecular formula is C22H29N5O. The van der Waals surface area contributed by atoms with Crippen LogP contribution in [0.1, 0.15) is 62.3 Å². The van der Waals surface area contributed by atoms with E-state index in [1.54, 1.807) is 6.20 Å². The number of nitriles is 1. The molecule has 0 spiro atoms. The summed E-state index contributed by atoms with van der Waals surface area (Å²) in [6, 6.07) is 8.45. The van der Waals surface area contributed by atoms with Crippen LogP contribution in [0, 0.1) is 23.7 Å². The van der Waals surface area contributed by atoms with Crippen LogP contribution in [0.3, 0.4) is 0 Å². The summed E-state index contributed by atoms with van der Waals surface area (Å²) >= 11 is 0. The highest BCUT2D eigenvalue weighted by atomic mass is 16.3. The lowest BCUT2D eigenvalue weighted by molar-refractivity contribution is 0.00926. The van der Waals surface area contributed by atoms with Crippen molar-refractivity contribution in [3.63, 3.8) is 0 Å². The normalized spacial score (nSPS) is 21.1. The first-order valence-electron chi connectivity index (χ1n) is 10.0. The zero-order valence-electron chi connectivity index (χ0n) is 16.9. The predicted molar refractivity (Wildman–Crippen MR) is 109 cm³/mol. The second kappa shape index (κ2) is 8.66. The maximum absolute atomic E-state index is 10.2. The number of hydrogen-bond acceptors (Lipinski definition) is 6. The van der Waals surface area contributed by atoms with E-state index in [1.807, 2.05) is 25.1 Å². The number of nitrogens with zero attached hydrogens (tertiary/aromatic N) is 4. The smallest absolute Gasteiger partial charge is 0.147 e. The Bertz CT molecular complexity index is 858. The molecule has 1 aliphatic rings. The molecule has 0 unspecified atom stereocenters. The van der Waals surface area contributed by atoms with Crippen LogP contribution in [0.2, 0.25) is 0 Å². The number of aromatic nitrogens is 3. The Kier molecular flexibility index (Phi) is 6.25. The minimum absolute atomic E-state index is 0.139. The molecule has 6 heteroatoms. The number of pyridine rings is 1. The van der Waals surface area contributed by atoms with Gasteiger partial charge in [0.15, 0.2) is 0 Å².